The summed E-state index contributed by atoms with van der Waals surface area (Å²) < 4.78 is 21.3. The zero-order valence-electron chi connectivity index (χ0n) is 16.3. The lowest BCUT2D eigenvalue weighted by atomic mass is 10.0. The van der Waals surface area contributed by atoms with Crippen LogP contribution in [-0.4, -0.2) is 47.7 Å². The molecule has 7 heteroatoms. The minimum Gasteiger partial charge on any atom is -0.387 e. The normalized spacial score (nSPS) is 16.1. The monoisotopic (exact) mass is 376 g/mol. The van der Waals surface area contributed by atoms with Gasteiger partial charge in [0, 0.05) is 44.4 Å². The Morgan fingerprint density at radius 1 is 1.26 bits per heavy atom. The molecule has 1 aliphatic heterocycles. The molecule has 0 aliphatic carbocycles. The lowest BCUT2D eigenvalue weighted by Crippen LogP contribution is -2.38. The van der Waals surface area contributed by atoms with Crippen LogP contribution in [0.25, 0.3) is 0 Å². The van der Waals surface area contributed by atoms with Crippen LogP contribution in [0.15, 0.2) is 24.3 Å². The van der Waals surface area contributed by atoms with Crippen molar-refractivity contribution in [3.8, 4) is 0 Å². The molecule has 0 bridgehead atoms. The van der Waals surface area contributed by atoms with E-state index in [0.717, 1.165) is 30.2 Å². The molecule has 3 rings (SSSR count). The number of anilines is 1. The van der Waals surface area contributed by atoms with E-state index in [9.17, 15) is 9.50 Å². The molecule has 1 aromatic carbocycles. The van der Waals surface area contributed by atoms with Crippen LogP contribution in [0.3, 0.4) is 0 Å². The van der Waals surface area contributed by atoms with E-state index in [0.29, 0.717) is 31.2 Å². The number of hydrogen-bond acceptors (Lipinski definition) is 5. The van der Waals surface area contributed by atoms with Crippen molar-refractivity contribution in [1.29, 1.82) is 0 Å². The molecule has 0 spiro atoms. The molecule has 1 aromatic heterocycles. The molecule has 0 radical (unpaired) electrons. The number of rotatable bonds is 7. The van der Waals surface area contributed by atoms with Crippen LogP contribution in [0.1, 0.15) is 42.7 Å². The van der Waals surface area contributed by atoms with Gasteiger partial charge in [-0.3, -0.25) is 4.68 Å². The van der Waals surface area contributed by atoms with Gasteiger partial charge < -0.3 is 20.1 Å². The first-order chi connectivity index (χ1) is 13.0. The molecule has 0 unspecified atom stereocenters. The van der Waals surface area contributed by atoms with Gasteiger partial charge in [-0.2, -0.15) is 5.10 Å². The van der Waals surface area contributed by atoms with Gasteiger partial charge in [-0.1, -0.05) is 32.0 Å². The number of aromatic nitrogens is 2. The van der Waals surface area contributed by atoms with Gasteiger partial charge >= 0.3 is 0 Å². The fourth-order valence-electron chi connectivity index (χ4n) is 3.57. The lowest BCUT2D eigenvalue weighted by molar-refractivity contribution is 0.122. The summed E-state index contributed by atoms with van der Waals surface area (Å²) in [4.78, 5) is 2.30. The number of morpholine rings is 1. The average Bonchev–Trinajstić information content (AvgIpc) is 2.99. The average molecular weight is 376 g/mol. The standard InChI is InChI=1S/C20H29FN4O2/c1-14(2)19-16(20(24(3)23-19)25-8-10-27-11-9-25)12-22-13-18(26)15-6-4-5-7-17(15)21/h4-7,14,18,22,26H,8-13H2,1-3H3/t18-/m0/s1. The highest BCUT2D eigenvalue weighted by atomic mass is 19.1. The highest BCUT2D eigenvalue weighted by molar-refractivity contribution is 5.51. The van der Waals surface area contributed by atoms with E-state index in [2.05, 4.69) is 24.1 Å². The smallest absolute Gasteiger partial charge is 0.131 e. The van der Waals surface area contributed by atoms with E-state index in [1.165, 1.54) is 6.07 Å². The molecule has 0 saturated carbocycles. The Balaban J connectivity index is 1.74. The van der Waals surface area contributed by atoms with Gasteiger partial charge in [0.25, 0.3) is 0 Å². The van der Waals surface area contributed by atoms with Crippen molar-refractivity contribution in [3.63, 3.8) is 0 Å². The maximum absolute atomic E-state index is 13.9. The van der Waals surface area contributed by atoms with Crippen molar-refractivity contribution in [2.45, 2.75) is 32.4 Å². The van der Waals surface area contributed by atoms with Gasteiger partial charge in [-0.25, -0.2) is 4.39 Å². The summed E-state index contributed by atoms with van der Waals surface area (Å²) in [6.45, 7) is 8.19. The molecule has 2 aromatic rings. The summed E-state index contributed by atoms with van der Waals surface area (Å²) >= 11 is 0. The number of halogens is 1. The molecule has 0 amide bonds. The van der Waals surface area contributed by atoms with Crippen LogP contribution in [0.4, 0.5) is 10.2 Å². The van der Waals surface area contributed by atoms with Crippen molar-refractivity contribution >= 4 is 5.82 Å². The Kier molecular flexibility index (Phi) is 6.46. The SMILES string of the molecule is CC(C)c1nn(C)c(N2CCOCC2)c1CNC[C@H](O)c1ccccc1F. The third-order valence-corrected chi connectivity index (χ3v) is 4.90. The first kappa shape index (κ1) is 19.8. The second-order valence-electron chi connectivity index (χ2n) is 7.23. The maximum Gasteiger partial charge on any atom is 0.131 e. The predicted molar refractivity (Wildman–Crippen MR) is 103 cm³/mol. The van der Waals surface area contributed by atoms with Crippen LogP contribution < -0.4 is 10.2 Å². The second kappa shape index (κ2) is 8.82. The number of nitrogens with one attached hydrogen (secondary N) is 1. The topological polar surface area (TPSA) is 62.5 Å². The largest absolute Gasteiger partial charge is 0.387 e. The van der Waals surface area contributed by atoms with Gasteiger partial charge in [0.2, 0.25) is 0 Å². The number of aliphatic hydroxyl groups is 1. The van der Waals surface area contributed by atoms with Crippen molar-refractivity contribution in [2.24, 2.45) is 7.05 Å². The van der Waals surface area contributed by atoms with Crippen molar-refractivity contribution in [3.05, 3.63) is 46.9 Å². The van der Waals surface area contributed by atoms with Crippen LogP contribution in [0, 0.1) is 5.82 Å². The summed E-state index contributed by atoms with van der Waals surface area (Å²) in [6.07, 6.45) is -0.891. The molecule has 148 valence electrons. The molecule has 2 N–H and O–H groups in total. The van der Waals surface area contributed by atoms with Gasteiger partial charge in [-0.05, 0) is 12.0 Å². The van der Waals surface area contributed by atoms with E-state index in [-0.39, 0.29) is 12.4 Å². The number of hydrogen-bond donors (Lipinski definition) is 2. The Labute approximate surface area is 159 Å². The lowest BCUT2D eigenvalue weighted by Gasteiger charge is -2.29. The summed E-state index contributed by atoms with van der Waals surface area (Å²) in [5.74, 6) is 0.999. The number of nitrogens with zero attached hydrogens (tertiary/aromatic N) is 3. The molecule has 1 aliphatic rings. The highest BCUT2D eigenvalue weighted by Gasteiger charge is 2.24. The van der Waals surface area contributed by atoms with Crippen molar-refractivity contribution < 1.29 is 14.2 Å². The Morgan fingerprint density at radius 2 is 1.96 bits per heavy atom. The Hall–Kier alpha value is -1.96. The van der Waals surface area contributed by atoms with Crippen LogP contribution in [0.2, 0.25) is 0 Å². The number of benzene rings is 1. The minimum atomic E-state index is -0.891. The van der Waals surface area contributed by atoms with Crippen molar-refractivity contribution in [2.75, 3.05) is 37.7 Å². The highest BCUT2D eigenvalue weighted by Crippen LogP contribution is 2.29. The molecule has 1 atom stereocenters. The van der Waals surface area contributed by atoms with E-state index in [1.54, 1.807) is 18.2 Å². The first-order valence-corrected chi connectivity index (χ1v) is 9.50. The van der Waals surface area contributed by atoms with E-state index in [4.69, 9.17) is 9.84 Å². The van der Waals surface area contributed by atoms with Crippen LogP contribution in [-0.2, 0) is 18.3 Å². The zero-order chi connectivity index (χ0) is 19.4. The molecular weight excluding hydrogens is 347 g/mol. The van der Waals surface area contributed by atoms with E-state index >= 15 is 0 Å². The molecule has 6 nitrogen and oxygen atoms in total. The predicted octanol–water partition coefficient (Wildman–Crippen LogP) is 2.34. The van der Waals surface area contributed by atoms with Gasteiger partial charge in [0.05, 0.1) is 25.0 Å². The van der Waals surface area contributed by atoms with Crippen LogP contribution in [0.5, 0.6) is 0 Å². The summed E-state index contributed by atoms with van der Waals surface area (Å²) in [6, 6.07) is 6.34. The van der Waals surface area contributed by atoms with E-state index in [1.807, 2.05) is 11.7 Å². The second-order valence-corrected chi connectivity index (χ2v) is 7.23. The quantitative estimate of drug-likeness (QED) is 0.777. The number of aryl methyl sites for hydroxylation is 1. The summed E-state index contributed by atoms with van der Waals surface area (Å²) in [5, 5.41) is 18.3. The Morgan fingerprint density at radius 3 is 2.63 bits per heavy atom. The molecule has 2 heterocycles. The van der Waals surface area contributed by atoms with Gasteiger partial charge in [0.1, 0.15) is 11.6 Å². The van der Waals surface area contributed by atoms with Crippen LogP contribution >= 0.6 is 0 Å². The summed E-state index contributed by atoms with van der Waals surface area (Å²) in [5.41, 5.74) is 2.50. The van der Waals surface area contributed by atoms with E-state index < -0.39 is 6.10 Å². The molecule has 1 saturated heterocycles. The first-order valence-electron chi connectivity index (χ1n) is 9.50. The molecule has 1 fully saturated rings. The third kappa shape index (κ3) is 4.48. The summed E-state index contributed by atoms with van der Waals surface area (Å²) in [7, 11) is 1.97. The Bertz CT molecular complexity index is 756. The molecule has 27 heavy (non-hydrogen) atoms. The van der Waals surface area contributed by atoms with Crippen molar-refractivity contribution in [1.82, 2.24) is 15.1 Å². The minimum absolute atomic E-state index is 0.274. The number of aliphatic hydroxyl groups excluding tert-OH is 1. The molecular formula is C20H29FN4O2. The maximum atomic E-state index is 13.9. The zero-order valence-corrected chi connectivity index (χ0v) is 16.3. The fourth-order valence-corrected chi connectivity index (χ4v) is 3.57. The fraction of sp³-hybridized carbons (Fsp3) is 0.550. The van der Waals surface area contributed by atoms with Gasteiger partial charge in [0.15, 0.2) is 0 Å². The third-order valence-electron chi connectivity index (χ3n) is 4.90. The number of ether oxygens (including phenoxy) is 1. The van der Waals surface area contributed by atoms with Gasteiger partial charge in [-0.15, -0.1) is 0 Å².